The third-order valence-corrected chi connectivity index (χ3v) is 3.93. The van der Waals surface area contributed by atoms with E-state index in [1.807, 2.05) is 0 Å². The van der Waals surface area contributed by atoms with Crippen molar-refractivity contribution in [2.24, 2.45) is 0 Å². The summed E-state index contributed by atoms with van der Waals surface area (Å²) < 4.78 is 45.5. The first-order chi connectivity index (χ1) is 11.3. The van der Waals surface area contributed by atoms with Crippen LogP contribution in [0.4, 0.5) is 13.2 Å². The number of hydrogen-bond donors (Lipinski definition) is 0. The largest absolute Gasteiger partial charge is 0.435 e. The van der Waals surface area contributed by atoms with E-state index in [4.69, 9.17) is 4.42 Å². The molecule has 0 atom stereocenters. The van der Waals surface area contributed by atoms with Crippen LogP contribution in [0.5, 0.6) is 0 Å². The van der Waals surface area contributed by atoms with Crippen molar-refractivity contribution in [3.8, 4) is 0 Å². The monoisotopic (exact) mass is 343 g/mol. The molecule has 2 aromatic heterocycles. The maximum atomic E-state index is 13.0. The molecule has 1 amide bonds. The molecule has 0 aliphatic heterocycles. The molecule has 24 heavy (non-hydrogen) atoms. The molecule has 0 saturated heterocycles. The molecule has 0 radical (unpaired) electrons. The third kappa shape index (κ3) is 3.13. The van der Waals surface area contributed by atoms with Gasteiger partial charge in [0.15, 0.2) is 5.69 Å². The van der Waals surface area contributed by atoms with E-state index in [0.29, 0.717) is 30.8 Å². The second-order valence-corrected chi connectivity index (χ2v) is 5.75. The van der Waals surface area contributed by atoms with E-state index in [1.165, 1.54) is 16.6 Å². The van der Waals surface area contributed by atoms with E-state index in [1.54, 1.807) is 6.92 Å². The van der Waals surface area contributed by atoms with Gasteiger partial charge in [0.2, 0.25) is 17.7 Å². The second kappa shape index (κ2) is 5.91. The fourth-order valence-electron chi connectivity index (χ4n) is 2.81. The molecule has 0 bridgehead atoms. The molecule has 2 heterocycles. The Balaban J connectivity index is 1.75. The van der Waals surface area contributed by atoms with Crippen LogP contribution in [0.2, 0.25) is 0 Å². The average Bonchev–Trinajstić information content (AvgIpc) is 3.16. The van der Waals surface area contributed by atoms with Crippen LogP contribution < -0.4 is 0 Å². The lowest BCUT2D eigenvalue weighted by atomic mass is 10.2. The summed E-state index contributed by atoms with van der Waals surface area (Å²) in [6, 6.07) is 0. The number of likely N-dealkylation sites (N-methyl/N-ethyl adjacent to an activating group) is 1. The predicted molar refractivity (Wildman–Crippen MR) is 74.8 cm³/mol. The Labute approximate surface area is 135 Å². The van der Waals surface area contributed by atoms with Gasteiger partial charge in [0.05, 0.1) is 6.54 Å². The zero-order valence-corrected chi connectivity index (χ0v) is 13.2. The van der Waals surface area contributed by atoms with Crippen LogP contribution in [0.3, 0.4) is 0 Å². The fraction of sp³-hybridized carbons (Fsp3) is 0.571. The number of rotatable bonds is 4. The molecule has 1 aliphatic rings. The van der Waals surface area contributed by atoms with Crippen LogP contribution in [0, 0.1) is 6.92 Å². The number of hydrogen-bond acceptors (Lipinski definition) is 5. The van der Waals surface area contributed by atoms with Crippen molar-refractivity contribution in [3.05, 3.63) is 28.7 Å². The van der Waals surface area contributed by atoms with Crippen LogP contribution >= 0.6 is 0 Å². The molecule has 7 nitrogen and oxygen atoms in total. The van der Waals surface area contributed by atoms with E-state index < -0.39 is 11.9 Å². The lowest BCUT2D eigenvalue weighted by Gasteiger charge is -2.15. The number of aryl methyl sites for hydroxylation is 1. The Bertz CT molecular complexity index is 765. The minimum atomic E-state index is -4.50. The first kappa shape index (κ1) is 16.5. The third-order valence-electron chi connectivity index (χ3n) is 3.93. The molecule has 10 heteroatoms. The van der Waals surface area contributed by atoms with Crippen molar-refractivity contribution in [3.63, 3.8) is 0 Å². The van der Waals surface area contributed by atoms with E-state index in [2.05, 4.69) is 15.3 Å². The number of amides is 1. The number of aromatic nitrogens is 4. The van der Waals surface area contributed by atoms with Gasteiger partial charge in [0.25, 0.3) is 0 Å². The standard InChI is InChI=1S/C14H16F3N5O2/c1-8-18-19-11(24-8)6-21(2)12(23)7-22-10-5-3-4-9(10)13(20-22)14(15,16)17/h3-7H2,1-2H3. The molecule has 1 aliphatic carbocycles. The van der Waals surface area contributed by atoms with Crippen molar-refractivity contribution in [2.75, 3.05) is 7.05 Å². The van der Waals surface area contributed by atoms with Gasteiger partial charge in [-0.3, -0.25) is 9.48 Å². The summed E-state index contributed by atoms with van der Waals surface area (Å²) in [5, 5.41) is 11.1. The Morgan fingerprint density at radius 2 is 2.08 bits per heavy atom. The quantitative estimate of drug-likeness (QED) is 0.845. The molecule has 0 N–H and O–H groups in total. The minimum Gasteiger partial charge on any atom is -0.424 e. The average molecular weight is 343 g/mol. The maximum absolute atomic E-state index is 13.0. The first-order valence-electron chi connectivity index (χ1n) is 7.44. The van der Waals surface area contributed by atoms with Crippen LogP contribution in [-0.2, 0) is 36.9 Å². The number of nitrogens with zero attached hydrogens (tertiary/aromatic N) is 5. The Morgan fingerprint density at radius 3 is 2.71 bits per heavy atom. The van der Waals surface area contributed by atoms with Crippen LogP contribution in [0.25, 0.3) is 0 Å². The zero-order valence-electron chi connectivity index (χ0n) is 13.2. The van der Waals surface area contributed by atoms with E-state index >= 15 is 0 Å². The summed E-state index contributed by atoms with van der Waals surface area (Å²) in [5.41, 5.74) is -0.166. The molecule has 3 rings (SSSR count). The topological polar surface area (TPSA) is 77.1 Å². The van der Waals surface area contributed by atoms with Crippen molar-refractivity contribution >= 4 is 5.91 Å². The summed E-state index contributed by atoms with van der Waals surface area (Å²) in [6.45, 7) is 1.47. The number of carbonyl (C=O) groups excluding carboxylic acids is 1. The molecule has 0 unspecified atom stereocenters. The van der Waals surface area contributed by atoms with Gasteiger partial charge in [0.1, 0.15) is 6.54 Å². The molecule has 0 fully saturated rings. The van der Waals surface area contributed by atoms with E-state index in [0.717, 1.165) is 0 Å². The molecule has 0 spiro atoms. The fourth-order valence-corrected chi connectivity index (χ4v) is 2.81. The molecule has 2 aromatic rings. The normalized spacial score (nSPS) is 14.0. The highest BCUT2D eigenvalue weighted by Gasteiger charge is 2.40. The van der Waals surface area contributed by atoms with Crippen LogP contribution in [0.15, 0.2) is 4.42 Å². The lowest BCUT2D eigenvalue weighted by molar-refractivity contribution is -0.142. The van der Waals surface area contributed by atoms with Gasteiger partial charge in [-0.2, -0.15) is 18.3 Å². The van der Waals surface area contributed by atoms with Crippen molar-refractivity contribution in [1.82, 2.24) is 24.9 Å². The molecule has 0 saturated carbocycles. The SMILES string of the molecule is Cc1nnc(CN(C)C(=O)Cn2nc(C(F)(F)F)c3c2CCC3)o1. The highest BCUT2D eigenvalue weighted by Crippen LogP contribution is 2.36. The Kier molecular flexibility index (Phi) is 4.06. The van der Waals surface area contributed by atoms with Gasteiger partial charge in [-0.05, 0) is 19.3 Å². The first-order valence-corrected chi connectivity index (χ1v) is 7.44. The summed E-state index contributed by atoms with van der Waals surface area (Å²) in [6.07, 6.45) is -3.02. The minimum absolute atomic E-state index is 0.0925. The van der Waals surface area contributed by atoms with E-state index in [-0.39, 0.29) is 30.5 Å². The summed E-state index contributed by atoms with van der Waals surface area (Å²) in [5.74, 6) is 0.271. The number of halogens is 3. The molecular formula is C14H16F3N5O2. The van der Waals surface area contributed by atoms with Crippen LogP contribution in [0.1, 0.15) is 35.2 Å². The summed E-state index contributed by atoms with van der Waals surface area (Å²) in [7, 11) is 1.52. The summed E-state index contributed by atoms with van der Waals surface area (Å²) in [4.78, 5) is 13.6. The number of carbonyl (C=O) groups is 1. The number of alkyl halides is 3. The number of fused-ring (bicyclic) bond motifs is 1. The van der Waals surface area contributed by atoms with Gasteiger partial charge in [-0.1, -0.05) is 0 Å². The second-order valence-electron chi connectivity index (χ2n) is 5.75. The van der Waals surface area contributed by atoms with Crippen molar-refractivity contribution in [1.29, 1.82) is 0 Å². The van der Waals surface area contributed by atoms with Gasteiger partial charge >= 0.3 is 6.18 Å². The highest BCUT2D eigenvalue weighted by molar-refractivity contribution is 5.75. The van der Waals surface area contributed by atoms with Gasteiger partial charge in [-0.15, -0.1) is 10.2 Å². The van der Waals surface area contributed by atoms with Gasteiger partial charge < -0.3 is 9.32 Å². The maximum Gasteiger partial charge on any atom is 0.435 e. The smallest absolute Gasteiger partial charge is 0.424 e. The van der Waals surface area contributed by atoms with Crippen molar-refractivity contribution in [2.45, 2.75) is 45.5 Å². The Hall–Kier alpha value is -2.39. The van der Waals surface area contributed by atoms with Gasteiger partial charge in [-0.25, -0.2) is 0 Å². The van der Waals surface area contributed by atoms with E-state index in [9.17, 15) is 18.0 Å². The highest BCUT2D eigenvalue weighted by atomic mass is 19.4. The van der Waals surface area contributed by atoms with Crippen LogP contribution in [-0.4, -0.2) is 37.8 Å². The molecule has 0 aromatic carbocycles. The summed E-state index contributed by atoms with van der Waals surface area (Å²) >= 11 is 0. The Morgan fingerprint density at radius 1 is 1.33 bits per heavy atom. The lowest BCUT2D eigenvalue weighted by Crippen LogP contribution is -2.30. The predicted octanol–water partition coefficient (Wildman–Crippen LogP) is 1.74. The van der Waals surface area contributed by atoms with Gasteiger partial charge in [0, 0.05) is 25.2 Å². The zero-order chi connectivity index (χ0) is 17.5. The molecule has 130 valence electrons. The van der Waals surface area contributed by atoms with Crippen molar-refractivity contribution < 1.29 is 22.4 Å². The molecular weight excluding hydrogens is 327 g/mol.